The number of rotatable bonds is 3. The number of carboxylic acids is 1. The Morgan fingerprint density at radius 1 is 1.14 bits per heavy atom. The summed E-state index contributed by atoms with van der Waals surface area (Å²) in [4.78, 5) is 32.9. The van der Waals surface area contributed by atoms with E-state index in [1.807, 2.05) is 0 Å². The van der Waals surface area contributed by atoms with Crippen molar-refractivity contribution < 1.29 is 28.2 Å². The molecule has 0 saturated carbocycles. The lowest BCUT2D eigenvalue weighted by molar-refractivity contribution is 0.0695. The van der Waals surface area contributed by atoms with Crippen LogP contribution in [0.3, 0.4) is 0 Å². The molecular weight excluding hydrogens is 381 g/mol. The summed E-state index contributed by atoms with van der Waals surface area (Å²) >= 11 is 0. The number of hydrogen-bond donors (Lipinski definition) is 2. The maximum absolute atomic E-state index is 14.5. The molecule has 8 nitrogen and oxygen atoms in total. The van der Waals surface area contributed by atoms with Crippen molar-refractivity contribution in [1.82, 2.24) is 14.5 Å². The smallest absolute Gasteiger partial charge is 0.341 e. The molecule has 0 aliphatic carbocycles. The van der Waals surface area contributed by atoms with E-state index in [-0.39, 0.29) is 24.6 Å². The van der Waals surface area contributed by atoms with Crippen molar-refractivity contribution in [2.24, 2.45) is 0 Å². The fourth-order valence-electron chi connectivity index (χ4n) is 2.96. The highest BCUT2D eigenvalue weighted by Crippen LogP contribution is 2.26. The van der Waals surface area contributed by atoms with Gasteiger partial charge in [-0.25, -0.2) is 27.9 Å². The second-order valence-corrected chi connectivity index (χ2v) is 6.23. The molecule has 1 saturated heterocycles. The number of hydrogen-bond acceptors (Lipinski definition) is 6. The Hall–Kier alpha value is -3.47. The number of anilines is 1. The topological polar surface area (TPSA) is 109 Å². The third-order valence-electron chi connectivity index (χ3n) is 4.32. The van der Waals surface area contributed by atoms with Gasteiger partial charge in [-0.15, -0.1) is 0 Å². The number of aliphatic hydroxyl groups is 1. The van der Waals surface area contributed by atoms with E-state index < -0.39 is 51.7 Å². The molecule has 11 heteroatoms. The molecule has 0 radical (unpaired) electrons. The molecule has 4 rings (SSSR count). The molecule has 2 N–H and O–H groups in total. The van der Waals surface area contributed by atoms with Crippen LogP contribution < -0.4 is 10.3 Å². The van der Waals surface area contributed by atoms with Gasteiger partial charge in [-0.05, 0) is 6.07 Å². The highest BCUT2D eigenvalue weighted by atomic mass is 19.1. The lowest BCUT2D eigenvalue weighted by Crippen LogP contribution is -2.51. The van der Waals surface area contributed by atoms with E-state index >= 15 is 0 Å². The van der Waals surface area contributed by atoms with Crippen molar-refractivity contribution in [3.63, 3.8) is 0 Å². The molecule has 4 heterocycles. The summed E-state index contributed by atoms with van der Waals surface area (Å²) < 4.78 is 42.8. The molecule has 1 aliphatic rings. The maximum Gasteiger partial charge on any atom is 0.341 e. The van der Waals surface area contributed by atoms with Crippen LogP contribution in [0.15, 0.2) is 29.3 Å². The van der Waals surface area contributed by atoms with Crippen LogP contribution in [0, 0.1) is 17.5 Å². The molecule has 0 aromatic carbocycles. The Balaban J connectivity index is 2.06. The van der Waals surface area contributed by atoms with Gasteiger partial charge in [0.25, 0.3) is 0 Å². The molecule has 3 aromatic heterocycles. The summed E-state index contributed by atoms with van der Waals surface area (Å²) in [5.74, 6) is -5.32. The van der Waals surface area contributed by atoms with E-state index in [2.05, 4.69) is 9.97 Å². The van der Waals surface area contributed by atoms with E-state index in [9.17, 15) is 33.0 Å². The summed E-state index contributed by atoms with van der Waals surface area (Å²) in [6.07, 6.45) is 0.847. The van der Waals surface area contributed by atoms with Crippen LogP contribution in [-0.2, 0) is 0 Å². The first kappa shape index (κ1) is 17.9. The first-order valence-corrected chi connectivity index (χ1v) is 8.00. The van der Waals surface area contributed by atoms with Crippen LogP contribution in [0.2, 0.25) is 0 Å². The Morgan fingerprint density at radius 3 is 2.43 bits per heavy atom. The predicted octanol–water partition coefficient (Wildman–Crippen LogP) is 1.08. The van der Waals surface area contributed by atoms with Crippen molar-refractivity contribution in [2.75, 3.05) is 18.0 Å². The fourth-order valence-corrected chi connectivity index (χ4v) is 2.96. The zero-order valence-electron chi connectivity index (χ0n) is 13.9. The van der Waals surface area contributed by atoms with Crippen molar-refractivity contribution >= 4 is 22.8 Å². The van der Waals surface area contributed by atoms with Crippen molar-refractivity contribution in [2.45, 2.75) is 6.10 Å². The predicted molar refractivity (Wildman–Crippen MR) is 90.2 cm³/mol. The van der Waals surface area contributed by atoms with Crippen LogP contribution >= 0.6 is 0 Å². The molecule has 0 bridgehead atoms. The average molecular weight is 392 g/mol. The molecular formula is C17H11F3N4O4. The molecule has 28 heavy (non-hydrogen) atoms. The molecule has 0 atom stereocenters. The molecule has 3 aromatic rings. The SMILES string of the molecule is O=C(O)c1cn(-c2ncc(F)cc2F)c2nc(N3CC(O)C3)c(F)cc2c1=O. The first-order valence-electron chi connectivity index (χ1n) is 8.00. The van der Waals surface area contributed by atoms with E-state index in [1.54, 1.807) is 0 Å². The quantitative estimate of drug-likeness (QED) is 0.687. The molecule has 1 aliphatic heterocycles. The van der Waals surface area contributed by atoms with E-state index in [4.69, 9.17) is 0 Å². The average Bonchev–Trinajstić information content (AvgIpc) is 2.60. The van der Waals surface area contributed by atoms with Gasteiger partial charge in [0, 0.05) is 25.4 Å². The number of halogens is 3. The largest absolute Gasteiger partial charge is 0.477 e. The number of aliphatic hydroxyl groups excluding tert-OH is 1. The van der Waals surface area contributed by atoms with Gasteiger partial charge in [-0.2, -0.15) is 0 Å². The van der Waals surface area contributed by atoms with Gasteiger partial charge >= 0.3 is 5.97 Å². The van der Waals surface area contributed by atoms with Crippen LogP contribution in [0.4, 0.5) is 19.0 Å². The van der Waals surface area contributed by atoms with Gasteiger partial charge in [0.1, 0.15) is 11.4 Å². The summed E-state index contributed by atoms with van der Waals surface area (Å²) in [7, 11) is 0. The molecule has 1 fully saturated rings. The van der Waals surface area contributed by atoms with Gasteiger partial charge in [-0.3, -0.25) is 9.36 Å². The van der Waals surface area contributed by atoms with E-state index in [1.165, 1.54) is 4.90 Å². The first-order chi connectivity index (χ1) is 13.3. The Kier molecular flexibility index (Phi) is 4.03. The third kappa shape index (κ3) is 2.76. The van der Waals surface area contributed by atoms with Crippen LogP contribution in [0.5, 0.6) is 0 Å². The normalized spacial score (nSPS) is 14.4. The minimum atomic E-state index is -1.61. The van der Waals surface area contributed by atoms with Crippen LogP contribution in [0.25, 0.3) is 16.9 Å². The highest BCUT2D eigenvalue weighted by molar-refractivity contribution is 5.92. The number of pyridine rings is 3. The molecule has 0 amide bonds. The van der Waals surface area contributed by atoms with Gasteiger partial charge in [-0.1, -0.05) is 0 Å². The summed E-state index contributed by atoms with van der Waals surface area (Å²) in [6.45, 7) is 0.214. The number of aromatic nitrogens is 3. The van der Waals surface area contributed by atoms with Crippen molar-refractivity contribution in [1.29, 1.82) is 0 Å². The zero-order chi connectivity index (χ0) is 20.2. The number of β-amino-alcohol motifs (C(OH)–C–C–N with tert-alkyl or cyclic N) is 1. The Bertz CT molecular complexity index is 1190. The Labute approximate surface area is 154 Å². The lowest BCUT2D eigenvalue weighted by Gasteiger charge is -2.37. The Morgan fingerprint density at radius 2 is 1.82 bits per heavy atom. The van der Waals surface area contributed by atoms with Crippen molar-refractivity contribution in [3.8, 4) is 5.82 Å². The van der Waals surface area contributed by atoms with Gasteiger partial charge in [0.15, 0.2) is 28.9 Å². The van der Waals surface area contributed by atoms with Gasteiger partial charge in [0.2, 0.25) is 5.43 Å². The number of aromatic carboxylic acids is 1. The summed E-state index contributed by atoms with van der Waals surface area (Å²) in [6, 6.07) is 1.33. The number of nitrogens with zero attached hydrogens (tertiary/aromatic N) is 4. The summed E-state index contributed by atoms with van der Waals surface area (Å²) in [5.41, 5.74) is -2.03. The van der Waals surface area contributed by atoms with Crippen LogP contribution in [0.1, 0.15) is 10.4 Å². The monoisotopic (exact) mass is 392 g/mol. The van der Waals surface area contributed by atoms with Gasteiger partial charge < -0.3 is 15.1 Å². The number of fused-ring (bicyclic) bond motifs is 1. The van der Waals surface area contributed by atoms with Crippen LogP contribution in [-0.4, -0.2) is 49.9 Å². The molecule has 0 spiro atoms. The highest BCUT2D eigenvalue weighted by Gasteiger charge is 2.29. The summed E-state index contributed by atoms with van der Waals surface area (Å²) in [5, 5.41) is 18.3. The number of carbonyl (C=O) groups is 1. The number of carboxylic acid groups (broad SMARTS) is 1. The molecule has 0 unspecified atom stereocenters. The molecule has 144 valence electrons. The van der Waals surface area contributed by atoms with Crippen molar-refractivity contribution in [3.05, 3.63) is 57.8 Å². The second kappa shape index (κ2) is 6.30. The second-order valence-electron chi connectivity index (χ2n) is 6.23. The zero-order valence-corrected chi connectivity index (χ0v) is 13.9. The minimum Gasteiger partial charge on any atom is -0.477 e. The maximum atomic E-state index is 14.5. The minimum absolute atomic E-state index is 0.107. The standard InChI is InChI=1S/C17H11F3N4O4/c18-7-1-11(19)15(21-3-7)24-6-10(17(27)28)13(26)9-2-12(20)16(22-14(9)24)23-4-8(25)5-23/h1-3,6,8,25H,4-5H2,(H,27,28). The van der Waals surface area contributed by atoms with E-state index in [0.717, 1.165) is 16.8 Å². The fraction of sp³-hybridized carbons (Fsp3) is 0.176. The third-order valence-corrected chi connectivity index (χ3v) is 4.32. The van der Waals surface area contributed by atoms with Gasteiger partial charge in [0.05, 0.1) is 17.7 Å². The lowest BCUT2D eigenvalue weighted by atomic mass is 10.1. The van der Waals surface area contributed by atoms with E-state index in [0.29, 0.717) is 12.3 Å².